The monoisotopic (exact) mass is 452 g/mol. The average Bonchev–Trinajstić information content (AvgIpc) is 3.07. The minimum Gasteiger partial charge on any atom is -0.345 e. The average molecular weight is 453 g/mol. The molecule has 0 spiro atoms. The zero-order valence-electron chi connectivity index (χ0n) is 19.7. The van der Waals surface area contributed by atoms with Crippen LogP contribution in [0.3, 0.4) is 0 Å². The van der Waals surface area contributed by atoms with Gasteiger partial charge in [-0.15, -0.1) is 0 Å². The maximum atomic E-state index is 12.9. The van der Waals surface area contributed by atoms with Crippen LogP contribution in [0.15, 0.2) is 24.3 Å². The van der Waals surface area contributed by atoms with Crippen molar-refractivity contribution < 1.29 is 14.4 Å². The van der Waals surface area contributed by atoms with E-state index in [1.54, 1.807) is 4.90 Å². The van der Waals surface area contributed by atoms with Gasteiger partial charge >= 0.3 is 6.03 Å². The highest BCUT2D eigenvalue weighted by Gasteiger charge is 2.46. The lowest BCUT2D eigenvalue weighted by Gasteiger charge is -2.45. The first-order valence-corrected chi connectivity index (χ1v) is 12.7. The fourth-order valence-corrected chi connectivity index (χ4v) is 6.40. The fraction of sp³-hybridized carbons (Fsp3) is 0.654. The number of fused-ring (bicyclic) bond motifs is 3. The number of hydrogen-bond donors (Lipinski definition) is 0. The predicted octanol–water partition coefficient (Wildman–Crippen LogP) is 2.88. The Morgan fingerprint density at radius 3 is 2.70 bits per heavy atom. The number of carbonyl (C=O) groups excluding carboxylic acids is 3. The van der Waals surface area contributed by atoms with E-state index in [0.29, 0.717) is 44.3 Å². The Balaban J connectivity index is 1.11. The lowest BCUT2D eigenvalue weighted by molar-refractivity contribution is -0.132. The third-order valence-corrected chi connectivity index (χ3v) is 8.21. The molecule has 33 heavy (non-hydrogen) atoms. The number of nitrogens with zero attached hydrogens (tertiary/aromatic N) is 4. The van der Waals surface area contributed by atoms with Crippen molar-refractivity contribution >= 4 is 17.8 Å². The maximum Gasteiger partial charge on any atom is 0.327 e. The van der Waals surface area contributed by atoms with Crippen molar-refractivity contribution in [2.45, 2.75) is 70.0 Å². The standard InChI is InChI=1S/C26H36N4O3/c1-27(17-21-10-6-14-28-13-5-4-11-22(21)28)24(31)12-7-15-29-25(32)23-16-19-8-2-3-9-20(19)18-30(23)26(29)33/h2-3,8-9,21-23H,4-7,10-18H2,1H3. The van der Waals surface area contributed by atoms with E-state index >= 15 is 0 Å². The number of piperidine rings is 2. The zero-order valence-corrected chi connectivity index (χ0v) is 19.7. The number of amides is 4. The SMILES string of the molecule is CN(CC1CCCN2CCCCC12)C(=O)CCCN1C(=O)C2Cc3ccccc3CN2C1=O. The number of carbonyl (C=O) groups is 3. The molecule has 178 valence electrons. The molecule has 7 heteroatoms. The summed E-state index contributed by atoms with van der Waals surface area (Å²) in [5.74, 6) is 0.564. The van der Waals surface area contributed by atoms with Crippen LogP contribution >= 0.6 is 0 Å². The van der Waals surface area contributed by atoms with Crippen LogP contribution in [-0.2, 0) is 22.6 Å². The van der Waals surface area contributed by atoms with Crippen LogP contribution in [-0.4, -0.2) is 82.8 Å². The van der Waals surface area contributed by atoms with Crippen molar-refractivity contribution in [3.63, 3.8) is 0 Å². The van der Waals surface area contributed by atoms with E-state index in [2.05, 4.69) is 4.90 Å². The van der Waals surface area contributed by atoms with E-state index in [9.17, 15) is 14.4 Å². The number of rotatable bonds is 6. The summed E-state index contributed by atoms with van der Waals surface area (Å²) in [6, 6.07) is 8.05. The second-order valence-electron chi connectivity index (χ2n) is 10.3. The molecule has 0 aromatic heterocycles. The molecule has 4 aliphatic heterocycles. The summed E-state index contributed by atoms with van der Waals surface area (Å²) in [7, 11) is 1.91. The summed E-state index contributed by atoms with van der Waals surface area (Å²) in [6.45, 7) is 4.04. The molecule has 4 aliphatic rings. The summed E-state index contributed by atoms with van der Waals surface area (Å²) in [4.78, 5) is 46.2. The van der Waals surface area contributed by atoms with Crippen LogP contribution in [0.4, 0.5) is 4.79 Å². The topological polar surface area (TPSA) is 64.2 Å². The largest absolute Gasteiger partial charge is 0.345 e. The van der Waals surface area contributed by atoms with Crippen LogP contribution in [0.1, 0.15) is 56.1 Å². The molecule has 0 N–H and O–H groups in total. The normalized spacial score (nSPS) is 27.2. The van der Waals surface area contributed by atoms with E-state index in [1.807, 2.05) is 36.2 Å². The van der Waals surface area contributed by atoms with Gasteiger partial charge in [0.1, 0.15) is 6.04 Å². The Morgan fingerprint density at radius 1 is 1.06 bits per heavy atom. The van der Waals surface area contributed by atoms with E-state index in [0.717, 1.165) is 17.7 Å². The van der Waals surface area contributed by atoms with Crippen molar-refractivity contribution in [2.24, 2.45) is 5.92 Å². The first kappa shape index (κ1) is 22.4. The Kier molecular flexibility index (Phi) is 6.41. The van der Waals surface area contributed by atoms with Crippen molar-refractivity contribution in [3.8, 4) is 0 Å². The molecule has 1 aromatic rings. The van der Waals surface area contributed by atoms with Crippen molar-refractivity contribution in [3.05, 3.63) is 35.4 Å². The molecule has 3 fully saturated rings. The number of urea groups is 1. The lowest BCUT2D eigenvalue weighted by Crippen LogP contribution is -2.51. The molecule has 0 bridgehead atoms. The second-order valence-corrected chi connectivity index (χ2v) is 10.3. The quantitative estimate of drug-likeness (QED) is 0.623. The Labute approximate surface area is 196 Å². The lowest BCUT2D eigenvalue weighted by atomic mass is 9.83. The Morgan fingerprint density at radius 2 is 1.85 bits per heavy atom. The van der Waals surface area contributed by atoms with Gasteiger partial charge in [0.25, 0.3) is 5.91 Å². The molecule has 1 aromatic carbocycles. The first-order valence-electron chi connectivity index (χ1n) is 12.7. The van der Waals surface area contributed by atoms with E-state index < -0.39 is 6.04 Å². The summed E-state index contributed by atoms with van der Waals surface area (Å²) in [6.07, 6.45) is 7.77. The smallest absolute Gasteiger partial charge is 0.327 e. The Hall–Kier alpha value is -2.41. The van der Waals surface area contributed by atoms with Gasteiger partial charge in [0.05, 0.1) is 0 Å². The molecule has 3 unspecified atom stereocenters. The van der Waals surface area contributed by atoms with Gasteiger partial charge in [-0.1, -0.05) is 30.7 Å². The van der Waals surface area contributed by atoms with Gasteiger partial charge in [0.15, 0.2) is 0 Å². The second kappa shape index (κ2) is 9.45. The summed E-state index contributed by atoms with van der Waals surface area (Å²) >= 11 is 0. The van der Waals surface area contributed by atoms with Gasteiger partial charge in [-0.05, 0) is 62.2 Å². The van der Waals surface area contributed by atoms with E-state index in [-0.39, 0.29) is 17.8 Å². The molecule has 3 saturated heterocycles. The third kappa shape index (κ3) is 4.39. The van der Waals surface area contributed by atoms with Crippen LogP contribution in [0.2, 0.25) is 0 Å². The van der Waals surface area contributed by atoms with Gasteiger partial charge in [-0.2, -0.15) is 0 Å². The Bertz CT molecular complexity index is 874. The molecular formula is C26H36N4O3. The van der Waals surface area contributed by atoms with Crippen LogP contribution in [0, 0.1) is 5.92 Å². The fourth-order valence-electron chi connectivity index (χ4n) is 6.40. The van der Waals surface area contributed by atoms with Gasteiger partial charge < -0.3 is 14.7 Å². The number of benzene rings is 1. The van der Waals surface area contributed by atoms with Crippen LogP contribution < -0.4 is 0 Å². The minimum absolute atomic E-state index is 0.116. The predicted molar refractivity (Wildman–Crippen MR) is 125 cm³/mol. The molecule has 4 heterocycles. The van der Waals surface area contributed by atoms with Crippen LogP contribution in [0.5, 0.6) is 0 Å². The molecule has 7 nitrogen and oxygen atoms in total. The summed E-state index contributed by atoms with van der Waals surface area (Å²) in [5.41, 5.74) is 2.27. The van der Waals surface area contributed by atoms with Gasteiger partial charge in [0.2, 0.25) is 5.91 Å². The highest BCUT2D eigenvalue weighted by molar-refractivity contribution is 6.04. The van der Waals surface area contributed by atoms with Gasteiger partial charge in [-0.3, -0.25) is 14.5 Å². The molecular weight excluding hydrogens is 416 g/mol. The van der Waals surface area contributed by atoms with Crippen molar-refractivity contribution in [1.82, 2.24) is 19.6 Å². The van der Waals surface area contributed by atoms with Gasteiger partial charge in [0, 0.05) is 45.6 Å². The maximum absolute atomic E-state index is 12.9. The molecule has 0 aliphatic carbocycles. The molecule has 0 saturated carbocycles. The summed E-state index contributed by atoms with van der Waals surface area (Å²) < 4.78 is 0. The minimum atomic E-state index is -0.393. The van der Waals surface area contributed by atoms with E-state index in [4.69, 9.17) is 0 Å². The number of imide groups is 1. The third-order valence-electron chi connectivity index (χ3n) is 8.21. The number of hydrogen-bond acceptors (Lipinski definition) is 4. The molecule has 0 radical (unpaired) electrons. The molecule has 4 amide bonds. The first-order chi connectivity index (χ1) is 16.0. The van der Waals surface area contributed by atoms with Crippen LogP contribution in [0.25, 0.3) is 0 Å². The molecule has 5 rings (SSSR count). The summed E-state index contributed by atoms with van der Waals surface area (Å²) in [5, 5.41) is 0. The highest BCUT2D eigenvalue weighted by atomic mass is 16.2. The van der Waals surface area contributed by atoms with Crippen molar-refractivity contribution in [1.29, 1.82) is 0 Å². The van der Waals surface area contributed by atoms with Gasteiger partial charge in [-0.25, -0.2) is 4.79 Å². The molecule has 3 atom stereocenters. The zero-order chi connectivity index (χ0) is 22.9. The van der Waals surface area contributed by atoms with E-state index in [1.165, 1.54) is 50.1 Å². The van der Waals surface area contributed by atoms with Crippen molar-refractivity contribution in [2.75, 3.05) is 33.2 Å². The highest BCUT2D eigenvalue weighted by Crippen LogP contribution is 2.32.